The normalized spacial score (nSPS) is 14.3. The standard InChI is InChI=1S/C19H22N4O2/c1-14-3-4-16(11-15(14)2)19(25)21-18-6-5-17(12-20-18)23-9-7-22(13-24)8-10-23/h3-6,11-13H,7-10H2,1-2H3,(H,20,21,25). The van der Waals surface area contributed by atoms with Gasteiger partial charge in [-0.15, -0.1) is 0 Å². The van der Waals surface area contributed by atoms with E-state index >= 15 is 0 Å². The molecule has 6 heteroatoms. The Kier molecular flexibility index (Phi) is 4.97. The molecule has 0 radical (unpaired) electrons. The highest BCUT2D eigenvalue weighted by Crippen LogP contribution is 2.18. The first-order valence-corrected chi connectivity index (χ1v) is 8.36. The number of aryl methyl sites for hydroxylation is 2. The summed E-state index contributed by atoms with van der Waals surface area (Å²) in [6.07, 6.45) is 2.65. The number of carbonyl (C=O) groups is 2. The van der Waals surface area contributed by atoms with Crippen molar-refractivity contribution >= 4 is 23.8 Å². The lowest BCUT2D eigenvalue weighted by molar-refractivity contribution is -0.118. The number of hydrogen-bond donors (Lipinski definition) is 1. The van der Waals surface area contributed by atoms with Gasteiger partial charge in [0.2, 0.25) is 6.41 Å². The first kappa shape index (κ1) is 17.0. The average molecular weight is 338 g/mol. The fourth-order valence-corrected chi connectivity index (χ4v) is 2.80. The molecule has 130 valence electrons. The number of benzene rings is 1. The van der Waals surface area contributed by atoms with Gasteiger partial charge < -0.3 is 15.1 Å². The van der Waals surface area contributed by atoms with Crippen molar-refractivity contribution in [2.45, 2.75) is 13.8 Å². The molecule has 6 nitrogen and oxygen atoms in total. The average Bonchev–Trinajstić information content (AvgIpc) is 2.64. The van der Waals surface area contributed by atoms with E-state index in [-0.39, 0.29) is 5.91 Å². The van der Waals surface area contributed by atoms with Crippen molar-refractivity contribution in [3.8, 4) is 0 Å². The van der Waals surface area contributed by atoms with Gasteiger partial charge >= 0.3 is 0 Å². The number of nitrogens with zero attached hydrogens (tertiary/aromatic N) is 3. The summed E-state index contributed by atoms with van der Waals surface area (Å²) in [6, 6.07) is 9.39. The Labute approximate surface area is 147 Å². The second-order valence-corrected chi connectivity index (χ2v) is 6.28. The quantitative estimate of drug-likeness (QED) is 0.868. The molecular formula is C19H22N4O2. The van der Waals surface area contributed by atoms with Crippen molar-refractivity contribution in [2.75, 3.05) is 36.4 Å². The third kappa shape index (κ3) is 3.96. The van der Waals surface area contributed by atoms with E-state index in [1.54, 1.807) is 17.2 Å². The number of amides is 2. The fraction of sp³-hybridized carbons (Fsp3) is 0.316. The lowest BCUT2D eigenvalue weighted by atomic mass is 10.1. The lowest BCUT2D eigenvalue weighted by Crippen LogP contribution is -2.45. The van der Waals surface area contributed by atoms with Crippen molar-refractivity contribution in [2.24, 2.45) is 0 Å². The number of piperazine rings is 1. The van der Waals surface area contributed by atoms with Gasteiger partial charge in [-0.2, -0.15) is 0 Å². The Morgan fingerprint density at radius 2 is 1.84 bits per heavy atom. The summed E-state index contributed by atoms with van der Waals surface area (Å²) in [6.45, 7) is 7.02. The van der Waals surface area contributed by atoms with Gasteiger partial charge in [-0.25, -0.2) is 4.98 Å². The number of aromatic nitrogens is 1. The number of pyridine rings is 1. The van der Waals surface area contributed by atoms with Gasteiger partial charge in [-0.05, 0) is 49.2 Å². The molecule has 2 amide bonds. The Balaban J connectivity index is 1.63. The van der Waals surface area contributed by atoms with Crippen LogP contribution in [-0.2, 0) is 4.79 Å². The molecule has 2 heterocycles. The molecule has 1 aromatic heterocycles. The van der Waals surface area contributed by atoms with E-state index in [4.69, 9.17) is 0 Å². The lowest BCUT2D eigenvalue weighted by Gasteiger charge is -2.33. The summed E-state index contributed by atoms with van der Waals surface area (Å²) < 4.78 is 0. The molecular weight excluding hydrogens is 316 g/mol. The third-order valence-electron chi connectivity index (χ3n) is 4.59. The SMILES string of the molecule is Cc1ccc(C(=O)Nc2ccc(N3CCN(C=O)CC3)cn2)cc1C. The summed E-state index contributed by atoms with van der Waals surface area (Å²) in [5, 5.41) is 2.83. The van der Waals surface area contributed by atoms with Gasteiger partial charge in [-0.1, -0.05) is 6.07 Å². The molecule has 25 heavy (non-hydrogen) atoms. The highest BCUT2D eigenvalue weighted by atomic mass is 16.1. The molecule has 1 saturated heterocycles. The molecule has 1 aliphatic rings. The van der Waals surface area contributed by atoms with E-state index in [1.165, 1.54) is 0 Å². The monoisotopic (exact) mass is 338 g/mol. The van der Waals surface area contributed by atoms with E-state index in [9.17, 15) is 9.59 Å². The minimum absolute atomic E-state index is 0.164. The van der Waals surface area contributed by atoms with E-state index in [1.807, 2.05) is 38.1 Å². The maximum Gasteiger partial charge on any atom is 0.256 e. The van der Waals surface area contributed by atoms with Crippen LogP contribution in [0.15, 0.2) is 36.5 Å². The Bertz CT molecular complexity index is 765. The first-order chi connectivity index (χ1) is 12.1. The van der Waals surface area contributed by atoms with Gasteiger partial charge in [0.15, 0.2) is 0 Å². The summed E-state index contributed by atoms with van der Waals surface area (Å²) in [4.78, 5) is 31.4. The fourth-order valence-electron chi connectivity index (χ4n) is 2.80. The first-order valence-electron chi connectivity index (χ1n) is 8.36. The minimum atomic E-state index is -0.164. The van der Waals surface area contributed by atoms with Crippen molar-refractivity contribution < 1.29 is 9.59 Å². The van der Waals surface area contributed by atoms with Gasteiger partial charge in [0.25, 0.3) is 5.91 Å². The van der Waals surface area contributed by atoms with Crippen molar-refractivity contribution in [3.05, 3.63) is 53.2 Å². The summed E-state index contributed by atoms with van der Waals surface area (Å²) in [5.74, 6) is 0.362. The van der Waals surface area contributed by atoms with Gasteiger partial charge in [-0.3, -0.25) is 9.59 Å². The van der Waals surface area contributed by atoms with Crippen molar-refractivity contribution in [1.82, 2.24) is 9.88 Å². The zero-order chi connectivity index (χ0) is 17.8. The van der Waals surface area contributed by atoms with Crippen LogP contribution in [-0.4, -0.2) is 48.4 Å². The van der Waals surface area contributed by atoms with Gasteiger partial charge in [0.05, 0.1) is 11.9 Å². The second kappa shape index (κ2) is 7.34. The van der Waals surface area contributed by atoms with Crippen LogP contribution >= 0.6 is 0 Å². The van der Waals surface area contributed by atoms with Gasteiger partial charge in [0.1, 0.15) is 5.82 Å². The van der Waals surface area contributed by atoms with E-state index in [0.717, 1.165) is 49.4 Å². The van der Waals surface area contributed by atoms with Crippen molar-refractivity contribution in [3.63, 3.8) is 0 Å². The number of carbonyl (C=O) groups excluding carboxylic acids is 2. The third-order valence-corrected chi connectivity index (χ3v) is 4.59. The molecule has 0 unspecified atom stereocenters. The van der Waals surface area contributed by atoms with Crippen LogP contribution in [0.2, 0.25) is 0 Å². The molecule has 0 spiro atoms. The Morgan fingerprint density at radius 3 is 2.44 bits per heavy atom. The van der Waals surface area contributed by atoms with E-state index in [0.29, 0.717) is 11.4 Å². The summed E-state index contributed by atoms with van der Waals surface area (Å²) in [7, 11) is 0. The molecule has 1 aromatic carbocycles. The van der Waals surface area contributed by atoms with Crippen molar-refractivity contribution in [1.29, 1.82) is 0 Å². The van der Waals surface area contributed by atoms with Crippen LogP contribution in [0.5, 0.6) is 0 Å². The molecule has 2 aromatic rings. The topological polar surface area (TPSA) is 65.5 Å². The van der Waals surface area contributed by atoms with Crippen LogP contribution in [0.4, 0.5) is 11.5 Å². The molecule has 0 saturated carbocycles. The zero-order valence-corrected chi connectivity index (χ0v) is 14.5. The molecule has 3 rings (SSSR count). The molecule has 1 aliphatic heterocycles. The van der Waals surface area contributed by atoms with Crippen LogP contribution in [0.1, 0.15) is 21.5 Å². The van der Waals surface area contributed by atoms with Crippen LogP contribution in [0, 0.1) is 13.8 Å². The number of anilines is 2. The van der Waals surface area contributed by atoms with Crippen LogP contribution < -0.4 is 10.2 Å². The maximum atomic E-state index is 12.3. The second-order valence-electron chi connectivity index (χ2n) is 6.28. The molecule has 0 atom stereocenters. The number of hydrogen-bond acceptors (Lipinski definition) is 4. The van der Waals surface area contributed by atoms with E-state index < -0.39 is 0 Å². The number of nitrogens with one attached hydrogen (secondary N) is 1. The minimum Gasteiger partial charge on any atom is -0.367 e. The van der Waals surface area contributed by atoms with E-state index in [2.05, 4.69) is 15.2 Å². The smallest absolute Gasteiger partial charge is 0.256 e. The van der Waals surface area contributed by atoms with Gasteiger partial charge in [0, 0.05) is 31.7 Å². The molecule has 1 N–H and O–H groups in total. The predicted octanol–water partition coefficient (Wildman–Crippen LogP) is 2.23. The predicted molar refractivity (Wildman–Crippen MR) is 98.0 cm³/mol. The Hall–Kier alpha value is -2.89. The largest absolute Gasteiger partial charge is 0.367 e. The van der Waals surface area contributed by atoms with Crippen LogP contribution in [0.25, 0.3) is 0 Å². The summed E-state index contributed by atoms with van der Waals surface area (Å²) >= 11 is 0. The highest BCUT2D eigenvalue weighted by Gasteiger charge is 2.16. The van der Waals surface area contributed by atoms with Crippen LogP contribution in [0.3, 0.4) is 0 Å². The highest BCUT2D eigenvalue weighted by molar-refractivity contribution is 6.03. The molecule has 0 aliphatic carbocycles. The Morgan fingerprint density at radius 1 is 1.08 bits per heavy atom. The molecule has 1 fully saturated rings. The number of rotatable bonds is 4. The summed E-state index contributed by atoms with van der Waals surface area (Å²) in [5.41, 5.74) is 3.87. The maximum absolute atomic E-state index is 12.3. The zero-order valence-electron chi connectivity index (χ0n) is 14.5. The molecule has 0 bridgehead atoms.